The van der Waals surface area contributed by atoms with Crippen LogP contribution in [0.3, 0.4) is 0 Å². The van der Waals surface area contributed by atoms with Crippen LogP contribution in [0.2, 0.25) is 0 Å². The maximum atomic E-state index is 12.4. The van der Waals surface area contributed by atoms with Gasteiger partial charge in [0.05, 0.1) is 30.0 Å². The zero-order valence-electron chi connectivity index (χ0n) is 51.2. The molecule has 6 aliphatic rings. The lowest BCUT2D eigenvalue weighted by atomic mass is 9.85. The summed E-state index contributed by atoms with van der Waals surface area (Å²) in [4.78, 5) is 69.4. The lowest BCUT2D eigenvalue weighted by Gasteiger charge is -2.42. The molecule has 0 radical (unpaired) electrons. The minimum Gasteiger partial charge on any atom is -0.444 e. The number of ketones is 1. The van der Waals surface area contributed by atoms with Crippen molar-refractivity contribution >= 4 is 48.9 Å². The first-order valence-corrected chi connectivity index (χ1v) is 29.8. The van der Waals surface area contributed by atoms with Crippen molar-refractivity contribution in [3.05, 3.63) is 90.3 Å². The molecule has 83 heavy (non-hydrogen) atoms. The first-order valence-electron chi connectivity index (χ1n) is 29.8. The Labute approximate surface area is 507 Å². The number of halogens is 2. The molecule has 0 saturated carbocycles. The van der Waals surface area contributed by atoms with E-state index in [9.17, 15) is 24.3 Å². The summed E-state index contributed by atoms with van der Waals surface area (Å²) in [5, 5.41) is 14.1. The molecule has 6 saturated heterocycles. The third-order valence-electron chi connectivity index (χ3n) is 15.4. The van der Waals surface area contributed by atoms with Gasteiger partial charge in [-0.1, -0.05) is 18.2 Å². The Bertz CT molecular complexity index is 2350. The van der Waals surface area contributed by atoms with E-state index in [-0.39, 0.29) is 60.1 Å². The summed E-state index contributed by atoms with van der Waals surface area (Å²) in [6.45, 7) is 30.4. The van der Waals surface area contributed by atoms with E-state index in [2.05, 4.69) is 42.2 Å². The van der Waals surface area contributed by atoms with Gasteiger partial charge in [0.25, 0.3) is 0 Å². The van der Waals surface area contributed by atoms with Gasteiger partial charge in [0.1, 0.15) is 22.6 Å². The molecule has 2 N–H and O–H groups in total. The molecular weight excluding hydrogens is 1100 g/mol. The molecule has 6 aliphatic heterocycles. The van der Waals surface area contributed by atoms with Gasteiger partial charge in [-0.3, -0.25) is 19.7 Å². The maximum Gasteiger partial charge on any atom is 0.410 e. The number of rotatable bonds is 11. The van der Waals surface area contributed by atoms with Crippen molar-refractivity contribution in [1.82, 2.24) is 44.8 Å². The van der Waals surface area contributed by atoms with Crippen LogP contribution in [0.4, 0.5) is 14.4 Å². The fourth-order valence-corrected chi connectivity index (χ4v) is 10.8. The van der Waals surface area contributed by atoms with Crippen molar-refractivity contribution in [1.29, 1.82) is 0 Å². The molecule has 19 nitrogen and oxygen atoms in total. The summed E-state index contributed by atoms with van der Waals surface area (Å²) < 4.78 is 28.9. The van der Waals surface area contributed by atoms with Gasteiger partial charge >= 0.3 is 18.3 Å². The molecule has 3 aromatic heterocycles. The van der Waals surface area contributed by atoms with E-state index >= 15 is 0 Å². The van der Waals surface area contributed by atoms with Crippen LogP contribution in [0.25, 0.3) is 0 Å². The Kier molecular flexibility index (Phi) is 28.3. The van der Waals surface area contributed by atoms with Crippen molar-refractivity contribution < 1.29 is 48.0 Å². The molecule has 6 fully saturated rings. The summed E-state index contributed by atoms with van der Waals surface area (Å²) in [5.41, 5.74) is 0.342. The lowest BCUT2D eigenvalue weighted by molar-refractivity contribution is -0.121. The molecule has 0 unspecified atom stereocenters. The molecule has 0 bridgehead atoms. The van der Waals surface area contributed by atoms with E-state index in [1.807, 2.05) is 105 Å². The molecule has 3 amide bonds. The highest BCUT2D eigenvalue weighted by Crippen LogP contribution is 2.38. The van der Waals surface area contributed by atoms with Crippen LogP contribution in [0.1, 0.15) is 156 Å². The van der Waals surface area contributed by atoms with Crippen molar-refractivity contribution in [2.24, 2.45) is 0 Å². The molecule has 0 spiro atoms. The average Bonchev–Trinajstić information content (AvgIpc) is 4.26. The lowest BCUT2D eigenvalue weighted by Crippen LogP contribution is -2.48. The number of hydrogen-bond acceptors (Lipinski definition) is 16. The minimum atomic E-state index is -0.896. The molecule has 3 aromatic rings. The highest BCUT2D eigenvalue weighted by atomic mass is 35.5. The number of carbonyl (C=O) groups is 4. The number of ether oxygens (including phenoxy) is 5. The van der Waals surface area contributed by atoms with E-state index in [1.165, 1.54) is 57.4 Å². The van der Waals surface area contributed by atoms with Gasteiger partial charge in [-0.05, 0) is 184 Å². The highest BCUT2D eigenvalue weighted by molar-refractivity contribution is 5.85. The third-order valence-corrected chi connectivity index (χ3v) is 15.4. The van der Waals surface area contributed by atoms with Gasteiger partial charge in [-0.15, -0.1) is 24.8 Å². The zero-order valence-corrected chi connectivity index (χ0v) is 52.9. The van der Waals surface area contributed by atoms with Gasteiger partial charge < -0.3 is 58.6 Å². The van der Waals surface area contributed by atoms with Crippen LogP contribution >= 0.6 is 24.8 Å². The molecule has 9 heterocycles. The second-order valence-electron chi connectivity index (χ2n) is 25.2. The molecule has 0 aromatic carbocycles. The summed E-state index contributed by atoms with van der Waals surface area (Å²) >= 11 is 0. The fourth-order valence-electron chi connectivity index (χ4n) is 10.8. The van der Waals surface area contributed by atoms with Crippen molar-refractivity contribution in [2.75, 3.05) is 105 Å². The van der Waals surface area contributed by atoms with Crippen molar-refractivity contribution in [2.45, 2.75) is 173 Å². The monoisotopic (exact) mass is 1200 g/mol. The first kappa shape index (κ1) is 70.8. The van der Waals surface area contributed by atoms with Crippen molar-refractivity contribution in [3.63, 3.8) is 0 Å². The number of amides is 3. The standard InChI is InChI=1S/C21H33N3O3.C16H25N3O.C15H22N2O3.C10H17NO3.2ClH/c1-20(2,3)27-19(25)24-13-8-21(9-14-24,18-7-6-10-22-17-18)26-16-15-23-11-4-5-12-23;1-2-11-19(10-1)12-13-20-16(5-8-17-9-6-16)15-4-3-7-18-14-15;1-14(2,3)20-13(18)17-9-6-15(19,7-10-17)12-5-4-8-16-11-12;1-10(2,3)14-9(13)11-6-4-8(12)5-7-11;;/h6-7,10,17H,4-5,8-9,11-16H2,1-3H3;3-4,7,14,17H,1-2,5-6,8-13H2;4-5,8,11,19H,6-7,9-10H2,1-3H3;4-7H2,1-3H3;2*1H. The summed E-state index contributed by atoms with van der Waals surface area (Å²) in [7, 11) is 0. The normalized spacial score (nSPS) is 19.8. The number of nitrogens with one attached hydrogen (secondary N) is 1. The number of aliphatic hydroxyl groups is 1. The molecule has 466 valence electrons. The van der Waals surface area contributed by atoms with Crippen LogP contribution in [0.15, 0.2) is 73.6 Å². The predicted octanol–water partition coefficient (Wildman–Crippen LogP) is 9.92. The smallest absolute Gasteiger partial charge is 0.410 e. The SMILES string of the molecule is CC(C)(C)OC(=O)N1CCC(=O)CC1.CC(C)(C)OC(=O)N1CCC(O)(c2cccnc2)CC1.CC(C)(C)OC(=O)N1CCC(OCCN2CCCC2)(c2cccnc2)CC1.Cl.Cl.c1cncc(C2(OCCN3CCCC3)CCNCC2)c1. The number of carbonyl (C=O) groups excluding carboxylic acids is 4. The third kappa shape index (κ3) is 23.6. The molecule has 21 heteroatoms. The minimum absolute atomic E-state index is 0. The average molecular weight is 1200 g/mol. The second kappa shape index (κ2) is 33.2. The van der Waals surface area contributed by atoms with Crippen LogP contribution in [-0.4, -0.2) is 190 Å². The second-order valence-corrected chi connectivity index (χ2v) is 25.2. The number of likely N-dealkylation sites (tertiary alicyclic amines) is 5. The van der Waals surface area contributed by atoms with Gasteiger partial charge in [0, 0.05) is 119 Å². The Morgan fingerprint density at radius 2 is 0.843 bits per heavy atom. The van der Waals surface area contributed by atoms with E-state index in [4.69, 9.17) is 23.7 Å². The zero-order chi connectivity index (χ0) is 58.6. The van der Waals surface area contributed by atoms with Crippen LogP contribution < -0.4 is 5.32 Å². The van der Waals surface area contributed by atoms with Gasteiger partial charge in [0.2, 0.25) is 0 Å². The Morgan fingerprint density at radius 3 is 1.19 bits per heavy atom. The van der Waals surface area contributed by atoms with E-state index in [0.29, 0.717) is 71.6 Å². The Balaban J connectivity index is 0.000000241. The van der Waals surface area contributed by atoms with Gasteiger partial charge in [-0.25, -0.2) is 14.4 Å². The highest BCUT2D eigenvalue weighted by Gasteiger charge is 2.41. The van der Waals surface area contributed by atoms with Gasteiger partial charge in [0.15, 0.2) is 0 Å². The summed E-state index contributed by atoms with van der Waals surface area (Å²) in [5.74, 6) is 0.227. The number of nitrogens with zero attached hydrogens (tertiary/aromatic N) is 8. The molecule has 0 atom stereocenters. The van der Waals surface area contributed by atoms with Crippen LogP contribution in [0, 0.1) is 0 Å². The number of Topliss-reactive ketones (excluding diaryl/α,β-unsaturated/α-hetero) is 1. The molecule has 0 aliphatic carbocycles. The predicted molar refractivity (Wildman–Crippen MR) is 326 cm³/mol. The quantitative estimate of drug-likeness (QED) is 0.172. The Hall–Kier alpha value is -4.73. The topological polar surface area (TPSA) is 202 Å². The van der Waals surface area contributed by atoms with Crippen molar-refractivity contribution in [3.8, 4) is 0 Å². The van der Waals surface area contributed by atoms with Crippen LogP contribution in [0.5, 0.6) is 0 Å². The molecule has 9 rings (SSSR count). The number of aromatic nitrogens is 3. The van der Waals surface area contributed by atoms with E-state index in [0.717, 1.165) is 69.6 Å². The van der Waals surface area contributed by atoms with E-state index < -0.39 is 22.4 Å². The fraction of sp³-hybridized carbons (Fsp3) is 0.694. The Morgan fingerprint density at radius 1 is 0.506 bits per heavy atom. The van der Waals surface area contributed by atoms with Gasteiger partial charge in [-0.2, -0.15) is 0 Å². The first-order chi connectivity index (χ1) is 38.5. The number of hydrogen-bond donors (Lipinski definition) is 2. The summed E-state index contributed by atoms with van der Waals surface area (Å²) in [6, 6.07) is 11.9. The number of pyridine rings is 3. The van der Waals surface area contributed by atoms with E-state index in [1.54, 1.807) is 33.3 Å². The largest absolute Gasteiger partial charge is 0.444 e. The summed E-state index contributed by atoms with van der Waals surface area (Å²) in [6.07, 6.45) is 20.8. The van der Waals surface area contributed by atoms with Crippen LogP contribution in [-0.2, 0) is 45.3 Å². The maximum absolute atomic E-state index is 12.4. The number of piperidine rings is 4. The molecular formula is C62H99Cl2N9O10.